The largest absolute Gasteiger partial charge is 0.478 e. The molecule has 0 aliphatic rings. The minimum Gasteiger partial charge on any atom is -0.478 e. The van der Waals surface area contributed by atoms with Crippen molar-refractivity contribution in [3.8, 4) is 67.9 Å². The van der Waals surface area contributed by atoms with Gasteiger partial charge >= 0.3 is 17.9 Å². The van der Waals surface area contributed by atoms with E-state index in [4.69, 9.17) is 0 Å². The molecule has 9 rings (SSSR count). The molecule has 9 aromatic heterocycles. The van der Waals surface area contributed by atoms with E-state index in [-0.39, 0.29) is 56.6 Å². The van der Waals surface area contributed by atoms with Gasteiger partial charge in [-0.25, -0.2) is 14.4 Å². The average molecular weight is 989 g/mol. The second-order valence-electron chi connectivity index (χ2n) is 13.0. The molecule has 3 N–H and O–H groups in total. The van der Waals surface area contributed by atoms with Gasteiger partial charge in [0.2, 0.25) is 0 Å². The molecular formula is C48H33GdN9O6. The Hall–Kier alpha value is -7.92. The van der Waals surface area contributed by atoms with Crippen LogP contribution in [0.25, 0.3) is 67.9 Å². The summed E-state index contributed by atoms with van der Waals surface area (Å²) in [5.74, 6) is -3.10. The van der Waals surface area contributed by atoms with E-state index in [1.165, 1.54) is 18.2 Å². The summed E-state index contributed by atoms with van der Waals surface area (Å²) >= 11 is 0. The Balaban J connectivity index is 0.000000158. The van der Waals surface area contributed by atoms with Crippen molar-refractivity contribution in [2.45, 2.75) is 0 Å². The van der Waals surface area contributed by atoms with Crippen molar-refractivity contribution >= 4 is 17.9 Å². The first-order valence-electron chi connectivity index (χ1n) is 19.0. The Morgan fingerprint density at radius 2 is 0.516 bits per heavy atom. The summed E-state index contributed by atoms with van der Waals surface area (Å²) < 4.78 is 0. The quantitative estimate of drug-likeness (QED) is 0.123. The topological polar surface area (TPSA) is 228 Å². The number of aromatic nitrogens is 9. The number of pyridine rings is 9. The summed E-state index contributed by atoms with van der Waals surface area (Å²) in [6, 6.07) is 36.9. The van der Waals surface area contributed by atoms with Gasteiger partial charge in [-0.3, -0.25) is 44.9 Å². The molecule has 0 atom stereocenters. The zero-order chi connectivity index (χ0) is 44.0. The van der Waals surface area contributed by atoms with Crippen LogP contribution in [0.5, 0.6) is 0 Å². The summed E-state index contributed by atoms with van der Waals surface area (Å²) in [7, 11) is 0. The maximum atomic E-state index is 11.4. The monoisotopic (exact) mass is 989 g/mol. The first-order chi connectivity index (χ1) is 30.8. The molecule has 0 saturated heterocycles. The van der Waals surface area contributed by atoms with Gasteiger partial charge in [-0.05, 0) is 109 Å². The van der Waals surface area contributed by atoms with Gasteiger partial charge in [0.15, 0.2) is 0 Å². The molecule has 0 aliphatic carbocycles. The predicted octanol–water partition coefficient (Wildman–Crippen LogP) is 8.71. The number of hydrogen-bond donors (Lipinski definition) is 3. The molecule has 314 valence electrons. The molecule has 0 aliphatic heterocycles. The molecule has 0 unspecified atom stereocenters. The maximum Gasteiger partial charge on any atom is 0.337 e. The Morgan fingerprint density at radius 3 is 0.750 bits per heavy atom. The molecule has 9 heterocycles. The van der Waals surface area contributed by atoms with Gasteiger partial charge in [-0.2, -0.15) is 0 Å². The Morgan fingerprint density at radius 1 is 0.281 bits per heavy atom. The molecule has 16 heteroatoms. The Kier molecular flexibility index (Phi) is 15.9. The van der Waals surface area contributed by atoms with Crippen LogP contribution in [0.1, 0.15) is 31.1 Å². The summed E-state index contributed by atoms with van der Waals surface area (Å²) in [5, 5.41) is 27.9. The van der Waals surface area contributed by atoms with E-state index in [0.29, 0.717) is 34.2 Å². The number of hydrogen-bond acceptors (Lipinski definition) is 12. The van der Waals surface area contributed by atoms with Crippen LogP contribution >= 0.6 is 0 Å². The Bertz CT molecular complexity index is 2700. The second kappa shape index (κ2) is 22.3. The molecule has 0 fully saturated rings. The zero-order valence-electron chi connectivity index (χ0n) is 33.3. The molecule has 0 spiro atoms. The van der Waals surface area contributed by atoms with Crippen molar-refractivity contribution < 1.29 is 69.6 Å². The van der Waals surface area contributed by atoms with E-state index in [1.807, 2.05) is 72.8 Å². The molecule has 9 aromatic rings. The molecule has 15 nitrogen and oxygen atoms in total. The van der Waals surface area contributed by atoms with E-state index in [0.717, 1.165) is 33.8 Å². The molecule has 0 bridgehead atoms. The van der Waals surface area contributed by atoms with Crippen LogP contribution < -0.4 is 0 Å². The van der Waals surface area contributed by atoms with Crippen LogP contribution in [0.3, 0.4) is 0 Å². The number of carboxylic acids is 3. The summed E-state index contributed by atoms with van der Waals surface area (Å²) in [6.07, 6.45) is 14.6. The minimum atomic E-state index is -1.03. The third-order valence-electron chi connectivity index (χ3n) is 9.03. The standard InChI is InChI=1S/3C16H11N3O2.Gd/c3*20-16(21)12-6-4-10-19-15(12)14-11(5-3-9-18-14)13-7-1-2-8-17-13;/h3*1-10H,(H,20,21);. The number of carboxylic acid groups (broad SMARTS) is 3. The van der Waals surface area contributed by atoms with Crippen molar-refractivity contribution in [1.82, 2.24) is 44.9 Å². The van der Waals surface area contributed by atoms with Gasteiger partial charge < -0.3 is 15.3 Å². The smallest absolute Gasteiger partial charge is 0.337 e. The first-order valence-corrected chi connectivity index (χ1v) is 19.0. The Labute approximate surface area is 397 Å². The molecule has 0 amide bonds. The molecule has 0 radical (unpaired) electrons. The fourth-order valence-electron chi connectivity index (χ4n) is 6.27. The van der Waals surface area contributed by atoms with Crippen LogP contribution in [0.2, 0.25) is 0 Å². The third kappa shape index (κ3) is 10.9. The zero-order valence-corrected chi connectivity index (χ0v) is 35.5. The first kappa shape index (κ1) is 45.6. The van der Waals surface area contributed by atoms with Gasteiger partial charge in [0.25, 0.3) is 0 Å². The van der Waals surface area contributed by atoms with E-state index in [9.17, 15) is 29.7 Å². The molecule has 0 saturated carbocycles. The van der Waals surface area contributed by atoms with Gasteiger partial charge in [-0.15, -0.1) is 0 Å². The minimum absolute atomic E-state index is 0. The molecular weight excluding hydrogens is 956 g/mol. The summed E-state index contributed by atoms with van der Waals surface area (Å²) in [6.45, 7) is 0. The van der Waals surface area contributed by atoms with E-state index in [2.05, 4.69) is 44.9 Å². The van der Waals surface area contributed by atoms with Crippen molar-refractivity contribution in [3.63, 3.8) is 0 Å². The number of aromatic carboxylic acids is 3. The van der Waals surface area contributed by atoms with Gasteiger partial charge in [0.1, 0.15) is 17.1 Å². The predicted molar refractivity (Wildman–Crippen MR) is 233 cm³/mol. The normalized spacial score (nSPS) is 10.1. The van der Waals surface area contributed by atoms with Crippen LogP contribution in [-0.4, -0.2) is 78.1 Å². The fourth-order valence-corrected chi connectivity index (χ4v) is 6.27. The molecule has 0 aromatic carbocycles. The van der Waals surface area contributed by atoms with Crippen LogP contribution in [0.4, 0.5) is 0 Å². The van der Waals surface area contributed by atoms with E-state index in [1.54, 1.807) is 92.2 Å². The number of nitrogens with zero attached hydrogens (tertiary/aromatic N) is 9. The van der Waals surface area contributed by atoms with Crippen molar-refractivity contribution in [1.29, 1.82) is 0 Å². The fraction of sp³-hybridized carbons (Fsp3) is 0. The second-order valence-corrected chi connectivity index (χ2v) is 13.0. The van der Waals surface area contributed by atoms with Crippen LogP contribution in [0, 0.1) is 39.9 Å². The maximum absolute atomic E-state index is 11.4. The average Bonchev–Trinajstić information content (AvgIpc) is 3.35. The summed E-state index contributed by atoms with van der Waals surface area (Å²) in [5.41, 5.74) is 7.32. The van der Waals surface area contributed by atoms with Crippen LogP contribution in [0.15, 0.2) is 183 Å². The van der Waals surface area contributed by atoms with Crippen molar-refractivity contribution in [2.75, 3.05) is 0 Å². The summed E-state index contributed by atoms with van der Waals surface area (Å²) in [4.78, 5) is 72.4. The van der Waals surface area contributed by atoms with E-state index < -0.39 is 17.9 Å². The van der Waals surface area contributed by atoms with Crippen LogP contribution in [-0.2, 0) is 0 Å². The third-order valence-corrected chi connectivity index (χ3v) is 9.03. The SMILES string of the molecule is O=C(O)c1cccnc1-c1ncccc1-c1ccccn1.O=C(O)c1cccnc1-c1ncccc1-c1ccccn1.O=C(O)c1cccnc1-c1ncccc1-c1ccccn1.[Gd]. The molecule has 64 heavy (non-hydrogen) atoms. The van der Waals surface area contributed by atoms with Crippen molar-refractivity contribution in [2.24, 2.45) is 0 Å². The van der Waals surface area contributed by atoms with Gasteiger partial charge in [-0.1, -0.05) is 18.2 Å². The number of rotatable bonds is 9. The van der Waals surface area contributed by atoms with Gasteiger partial charge in [0.05, 0.1) is 50.9 Å². The van der Waals surface area contributed by atoms with Crippen molar-refractivity contribution in [3.05, 3.63) is 200 Å². The van der Waals surface area contributed by atoms with Gasteiger partial charge in [0, 0.05) is 112 Å². The number of carbonyl (C=O) groups is 3. The van der Waals surface area contributed by atoms with E-state index >= 15 is 0 Å².